The van der Waals surface area contributed by atoms with Crippen LogP contribution in [-0.4, -0.2) is 47.4 Å². The number of hydrogen-bond acceptors (Lipinski definition) is 4. The van der Waals surface area contributed by atoms with Gasteiger partial charge in [-0.3, -0.25) is 5.10 Å². The number of fused-ring (bicyclic) bond motifs is 2. The zero-order valence-corrected chi connectivity index (χ0v) is 14.9. The maximum Gasteiger partial charge on any atom is 0.211 e. The number of H-pyrrole nitrogens is 1. The predicted molar refractivity (Wildman–Crippen MR) is 92.2 cm³/mol. The van der Waals surface area contributed by atoms with Crippen LogP contribution in [0, 0.1) is 17.8 Å². The molecule has 1 saturated heterocycles. The predicted octanol–water partition coefficient (Wildman–Crippen LogP) is 2.17. The lowest BCUT2D eigenvalue weighted by molar-refractivity contribution is 0.107. The highest BCUT2D eigenvalue weighted by atomic mass is 35.5. The molecule has 1 saturated carbocycles. The van der Waals surface area contributed by atoms with Gasteiger partial charge < -0.3 is 5.11 Å². The molecule has 1 aromatic carbocycles. The lowest BCUT2D eigenvalue weighted by Gasteiger charge is -2.22. The Kier molecular flexibility index (Phi) is 3.87. The topological polar surface area (TPSA) is 86.3 Å². The molecule has 130 valence electrons. The van der Waals surface area contributed by atoms with Crippen LogP contribution in [0.5, 0.6) is 0 Å². The number of hydrogen-bond donors (Lipinski definition) is 2. The first kappa shape index (κ1) is 16.3. The van der Waals surface area contributed by atoms with Crippen molar-refractivity contribution in [2.24, 2.45) is 17.8 Å². The van der Waals surface area contributed by atoms with Crippen molar-refractivity contribution >= 4 is 32.5 Å². The summed E-state index contributed by atoms with van der Waals surface area (Å²) >= 11 is 6.17. The van der Waals surface area contributed by atoms with Crippen LogP contribution in [0.15, 0.2) is 18.3 Å². The fraction of sp³-hybridized carbons (Fsp3) is 0.562. The molecule has 2 fully saturated rings. The van der Waals surface area contributed by atoms with Gasteiger partial charge in [-0.15, -0.1) is 0 Å². The second kappa shape index (κ2) is 5.69. The minimum absolute atomic E-state index is 0.117. The Labute approximate surface area is 145 Å². The van der Waals surface area contributed by atoms with E-state index >= 15 is 0 Å². The third kappa shape index (κ3) is 2.73. The summed E-state index contributed by atoms with van der Waals surface area (Å²) in [5, 5.41) is 19.4. The summed E-state index contributed by atoms with van der Waals surface area (Å²) in [6.07, 6.45) is 4.01. The quantitative estimate of drug-likeness (QED) is 0.868. The van der Waals surface area contributed by atoms with Gasteiger partial charge in [-0.05, 0) is 42.7 Å². The van der Waals surface area contributed by atoms with E-state index in [9.17, 15) is 13.5 Å². The Balaban J connectivity index is 1.55. The molecule has 0 amide bonds. The number of halogens is 1. The molecule has 0 spiro atoms. The largest absolute Gasteiger partial charge is 0.388 e. The summed E-state index contributed by atoms with van der Waals surface area (Å²) < 4.78 is 25.0. The summed E-state index contributed by atoms with van der Waals surface area (Å²) in [5.74, 6) is 0.776. The highest BCUT2D eigenvalue weighted by Crippen LogP contribution is 2.47. The zero-order valence-electron chi connectivity index (χ0n) is 13.3. The van der Waals surface area contributed by atoms with Crippen LogP contribution in [0.1, 0.15) is 24.5 Å². The summed E-state index contributed by atoms with van der Waals surface area (Å²) in [6, 6.07) is 3.62. The number of nitrogens with zero attached hydrogens (tertiary/aromatic N) is 2. The van der Waals surface area contributed by atoms with Gasteiger partial charge in [0.2, 0.25) is 10.0 Å². The lowest BCUT2D eigenvalue weighted by atomic mass is 9.92. The SMILES string of the molecule is CS(=O)(=O)N1C[C@H]2CC(C(O)c3cc(Cl)cc4cn[nH]c34)C[C@H]2C1. The first-order chi connectivity index (χ1) is 11.3. The molecule has 2 unspecified atom stereocenters. The zero-order chi connectivity index (χ0) is 17.1. The summed E-state index contributed by atoms with van der Waals surface area (Å²) in [4.78, 5) is 0. The molecule has 24 heavy (non-hydrogen) atoms. The molecular weight excluding hydrogens is 350 g/mol. The van der Waals surface area contributed by atoms with Gasteiger partial charge in [-0.2, -0.15) is 5.10 Å². The van der Waals surface area contributed by atoms with Gasteiger partial charge in [0.15, 0.2) is 0 Å². The molecule has 4 atom stereocenters. The summed E-state index contributed by atoms with van der Waals surface area (Å²) in [6.45, 7) is 1.14. The van der Waals surface area contributed by atoms with Gasteiger partial charge in [-0.1, -0.05) is 11.6 Å². The Morgan fingerprint density at radius 3 is 2.62 bits per heavy atom. The van der Waals surface area contributed by atoms with E-state index < -0.39 is 16.1 Å². The van der Waals surface area contributed by atoms with Gasteiger partial charge in [0.25, 0.3) is 0 Å². The van der Waals surface area contributed by atoms with Crippen molar-refractivity contribution in [2.75, 3.05) is 19.3 Å². The van der Waals surface area contributed by atoms with Gasteiger partial charge in [-0.25, -0.2) is 12.7 Å². The van der Waals surface area contributed by atoms with Crippen molar-refractivity contribution in [1.82, 2.24) is 14.5 Å². The average Bonchev–Trinajstić information content (AvgIpc) is 3.17. The third-order valence-electron chi connectivity index (χ3n) is 5.53. The van der Waals surface area contributed by atoms with E-state index in [-0.39, 0.29) is 5.92 Å². The minimum Gasteiger partial charge on any atom is -0.388 e. The second-order valence-corrected chi connectivity index (χ2v) is 9.52. The van der Waals surface area contributed by atoms with Crippen molar-refractivity contribution in [1.29, 1.82) is 0 Å². The van der Waals surface area contributed by atoms with Crippen LogP contribution in [0.2, 0.25) is 5.02 Å². The van der Waals surface area contributed by atoms with Crippen LogP contribution < -0.4 is 0 Å². The fourth-order valence-corrected chi connectivity index (χ4v) is 5.53. The van der Waals surface area contributed by atoms with Crippen LogP contribution in [0.25, 0.3) is 10.9 Å². The van der Waals surface area contributed by atoms with E-state index in [2.05, 4.69) is 10.2 Å². The normalized spacial score (nSPS) is 29.2. The Bertz CT molecular complexity index is 868. The van der Waals surface area contributed by atoms with Crippen molar-refractivity contribution in [3.8, 4) is 0 Å². The molecule has 2 N–H and O–H groups in total. The van der Waals surface area contributed by atoms with E-state index in [0.29, 0.717) is 29.9 Å². The number of aromatic nitrogens is 2. The van der Waals surface area contributed by atoms with Gasteiger partial charge in [0.1, 0.15) is 0 Å². The molecule has 4 rings (SSSR count). The highest BCUT2D eigenvalue weighted by Gasteiger charge is 2.45. The van der Waals surface area contributed by atoms with E-state index in [1.807, 2.05) is 6.07 Å². The Hall–Kier alpha value is -1.15. The number of aromatic amines is 1. The number of aliphatic hydroxyl groups is 1. The molecule has 1 aliphatic heterocycles. The molecule has 8 heteroatoms. The standard InChI is InChI=1S/C16H20ClN3O3S/c1-24(22,23)20-7-11-2-9(3-12(11)8-20)16(21)14-5-13(17)4-10-6-18-19-15(10)14/h4-6,9,11-12,16,21H,2-3,7-8H2,1H3,(H,18,19)/t9?,11-,12+,16?. The van der Waals surface area contributed by atoms with Crippen LogP contribution in [0.4, 0.5) is 0 Å². The van der Waals surface area contributed by atoms with E-state index in [0.717, 1.165) is 29.3 Å². The number of benzene rings is 1. The van der Waals surface area contributed by atoms with Crippen molar-refractivity contribution in [3.05, 3.63) is 28.9 Å². The monoisotopic (exact) mass is 369 g/mol. The van der Waals surface area contributed by atoms with Crippen LogP contribution in [0.3, 0.4) is 0 Å². The molecule has 2 aliphatic rings. The van der Waals surface area contributed by atoms with Crippen LogP contribution in [-0.2, 0) is 10.0 Å². The van der Waals surface area contributed by atoms with Crippen LogP contribution >= 0.6 is 11.6 Å². The molecule has 6 nitrogen and oxygen atoms in total. The molecule has 2 heterocycles. The average molecular weight is 370 g/mol. The molecule has 0 radical (unpaired) electrons. The van der Waals surface area contributed by atoms with Gasteiger partial charge >= 0.3 is 0 Å². The highest BCUT2D eigenvalue weighted by molar-refractivity contribution is 7.88. The van der Waals surface area contributed by atoms with E-state index in [1.165, 1.54) is 6.26 Å². The summed E-state index contributed by atoms with van der Waals surface area (Å²) in [7, 11) is -3.12. The molecule has 0 bridgehead atoms. The van der Waals surface area contributed by atoms with E-state index in [4.69, 9.17) is 11.6 Å². The first-order valence-corrected chi connectivity index (χ1v) is 10.3. The molecule has 2 aromatic rings. The van der Waals surface area contributed by atoms with Crippen molar-refractivity contribution in [2.45, 2.75) is 18.9 Å². The van der Waals surface area contributed by atoms with Crippen molar-refractivity contribution in [3.63, 3.8) is 0 Å². The lowest BCUT2D eigenvalue weighted by Crippen LogP contribution is -2.29. The molecule has 1 aliphatic carbocycles. The smallest absolute Gasteiger partial charge is 0.211 e. The Morgan fingerprint density at radius 2 is 2.00 bits per heavy atom. The number of rotatable bonds is 3. The third-order valence-corrected chi connectivity index (χ3v) is 6.99. The number of sulfonamides is 1. The summed E-state index contributed by atoms with van der Waals surface area (Å²) in [5.41, 5.74) is 1.60. The number of aliphatic hydroxyl groups excluding tert-OH is 1. The van der Waals surface area contributed by atoms with Gasteiger partial charge in [0.05, 0.1) is 24.1 Å². The first-order valence-electron chi connectivity index (χ1n) is 8.08. The molecular formula is C16H20ClN3O3S. The number of nitrogens with one attached hydrogen (secondary N) is 1. The maximum atomic E-state index is 11.7. The fourth-order valence-electron chi connectivity index (χ4n) is 4.37. The minimum atomic E-state index is -3.12. The van der Waals surface area contributed by atoms with Gasteiger partial charge in [0, 0.05) is 29.1 Å². The van der Waals surface area contributed by atoms with E-state index in [1.54, 1.807) is 16.6 Å². The molecule has 1 aromatic heterocycles. The second-order valence-electron chi connectivity index (χ2n) is 7.11. The Morgan fingerprint density at radius 1 is 1.33 bits per heavy atom. The maximum absolute atomic E-state index is 11.7. The van der Waals surface area contributed by atoms with Crippen molar-refractivity contribution < 1.29 is 13.5 Å².